The number of carbonyl (C=O) groups is 2. The molecule has 0 aliphatic rings. The number of nitrogens with zero attached hydrogens (tertiary/aromatic N) is 2. The number of amides is 2. The first kappa shape index (κ1) is 22.0. The Labute approximate surface area is 184 Å². The normalized spacial score (nSPS) is 10.6. The predicted octanol–water partition coefficient (Wildman–Crippen LogP) is 5.25. The molecule has 0 aliphatic carbocycles. The molecule has 0 saturated heterocycles. The van der Waals surface area contributed by atoms with E-state index in [-0.39, 0.29) is 11.8 Å². The van der Waals surface area contributed by atoms with Crippen LogP contribution in [-0.2, 0) is 11.2 Å². The van der Waals surface area contributed by atoms with E-state index in [0.717, 1.165) is 29.4 Å². The van der Waals surface area contributed by atoms with Gasteiger partial charge < -0.3 is 5.32 Å². The molecule has 0 spiro atoms. The van der Waals surface area contributed by atoms with Crippen LogP contribution < -0.4 is 10.6 Å². The third-order valence-corrected chi connectivity index (χ3v) is 6.25. The summed E-state index contributed by atoms with van der Waals surface area (Å²) in [4.78, 5) is 24.3. The maximum Gasteiger partial charge on any atom is 0.257 e. The molecular formula is C22H24N4O2S2. The average molecular weight is 441 g/mol. The van der Waals surface area contributed by atoms with Gasteiger partial charge in [0.1, 0.15) is 0 Å². The minimum atomic E-state index is -0.279. The highest BCUT2D eigenvalue weighted by Gasteiger charge is 2.12. The molecule has 2 aromatic carbocycles. The second kappa shape index (κ2) is 11.5. The monoisotopic (exact) mass is 440 g/mol. The predicted molar refractivity (Wildman–Crippen MR) is 123 cm³/mol. The summed E-state index contributed by atoms with van der Waals surface area (Å²) in [6, 6.07) is 17.3. The van der Waals surface area contributed by atoms with Crippen LogP contribution in [0.3, 0.4) is 0 Å². The first-order chi connectivity index (χ1) is 14.6. The number of carbonyl (C=O) groups excluding carboxylic acids is 2. The van der Waals surface area contributed by atoms with Crippen LogP contribution in [0.2, 0.25) is 0 Å². The Balaban J connectivity index is 1.48. The molecule has 3 aromatic rings. The lowest BCUT2D eigenvalue weighted by atomic mass is 10.1. The molecule has 30 heavy (non-hydrogen) atoms. The van der Waals surface area contributed by atoms with Crippen molar-refractivity contribution in [2.75, 3.05) is 16.4 Å². The number of aromatic nitrogens is 2. The zero-order valence-corrected chi connectivity index (χ0v) is 18.4. The maximum absolute atomic E-state index is 12.5. The number of anilines is 2. The Morgan fingerprint density at radius 2 is 1.87 bits per heavy atom. The molecule has 0 saturated carbocycles. The molecule has 0 atom stereocenters. The molecule has 0 bridgehead atoms. The SMILES string of the molecule is CCCC(=O)Nc1cccc(C(=O)Nc2nnc(SCCCc3ccccc3)s2)c1. The second-order valence-electron chi connectivity index (χ2n) is 6.64. The summed E-state index contributed by atoms with van der Waals surface area (Å²) in [5, 5.41) is 14.2. The Kier molecular flexibility index (Phi) is 8.41. The molecule has 0 fully saturated rings. The Morgan fingerprint density at radius 3 is 2.67 bits per heavy atom. The van der Waals surface area contributed by atoms with Gasteiger partial charge in [-0.3, -0.25) is 14.9 Å². The zero-order valence-electron chi connectivity index (χ0n) is 16.8. The van der Waals surface area contributed by atoms with E-state index >= 15 is 0 Å². The highest BCUT2D eigenvalue weighted by Crippen LogP contribution is 2.26. The molecule has 1 heterocycles. The van der Waals surface area contributed by atoms with Gasteiger partial charge in [-0.05, 0) is 43.0 Å². The van der Waals surface area contributed by atoms with E-state index in [4.69, 9.17) is 0 Å². The Morgan fingerprint density at radius 1 is 1.03 bits per heavy atom. The second-order valence-corrected chi connectivity index (χ2v) is 8.96. The highest BCUT2D eigenvalue weighted by molar-refractivity contribution is 8.01. The number of benzene rings is 2. The average Bonchev–Trinajstić information content (AvgIpc) is 3.19. The fraction of sp³-hybridized carbons (Fsp3) is 0.273. The number of thioether (sulfide) groups is 1. The van der Waals surface area contributed by atoms with Crippen molar-refractivity contribution < 1.29 is 9.59 Å². The fourth-order valence-corrected chi connectivity index (χ4v) is 4.51. The molecule has 0 aliphatic heterocycles. The molecule has 1 aromatic heterocycles. The van der Waals surface area contributed by atoms with Crippen molar-refractivity contribution >= 4 is 45.7 Å². The van der Waals surface area contributed by atoms with Crippen LogP contribution in [0.1, 0.15) is 42.1 Å². The quantitative estimate of drug-likeness (QED) is 0.255. The fourth-order valence-electron chi connectivity index (χ4n) is 2.76. The van der Waals surface area contributed by atoms with E-state index in [2.05, 4.69) is 45.1 Å². The van der Waals surface area contributed by atoms with Crippen LogP contribution in [0.25, 0.3) is 0 Å². The summed E-state index contributed by atoms with van der Waals surface area (Å²) in [5.74, 6) is 0.600. The van der Waals surface area contributed by atoms with Crippen molar-refractivity contribution in [2.24, 2.45) is 0 Å². The minimum Gasteiger partial charge on any atom is -0.326 e. The highest BCUT2D eigenvalue weighted by atomic mass is 32.2. The van der Waals surface area contributed by atoms with Gasteiger partial charge >= 0.3 is 0 Å². The van der Waals surface area contributed by atoms with E-state index in [0.29, 0.717) is 22.8 Å². The van der Waals surface area contributed by atoms with Gasteiger partial charge in [0, 0.05) is 23.4 Å². The van der Waals surface area contributed by atoms with Gasteiger partial charge in [-0.2, -0.15) is 0 Å². The van der Waals surface area contributed by atoms with Crippen molar-refractivity contribution in [1.29, 1.82) is 0 Å². The summed E-state index contributed by atoms with van der Waals surface area (Å²) in [6.45, 7) is 1.95. The molecule has 156 valence electrons. The molecular weight excluding hydrogens is 416 g/mol. The summed E-state index contributed by atoms with van der Waals surface area (Å²) >= 11 is 3.01. The summed E-state index contributed by atoms with van der Waals surface area (Å²) in [6.07, 6.45) is 3.30. The van der Waals surface area contributed by atoms with E-state index < -0.39 is 0 Å². The first-order valence-electron chi connectivity index (χ1n) is 9.85. The van der Waals surface area contributed by atoms with E-state index in [1.54, 1.807) is 36.0 Å². The lowest BCUT2D eigenvalue weighted by Gasteiger charge is -2.06. The standard InChI is InChI=1S/C22H24N4O2S2/c1-2-8-19(27)23-18-13-6-12-17(15-18)20(28)24-21-25-26-22(30-21)29-14-7-11-16-9-4-3-5-10-16/h3-6,9-10,12-13,15H,2,7-8,11,14H2,1H3,(H,23,27)(H,24,25,28). The van der Waals surface area contributed by atoms with Gasteiger partial charge in [0.2, 0.25) is 11.0 Å². The van der Waals surface area contributed by atoms with Gasteiger partial charge in [-0.25, -0.2) is 0 Å². The van der Waals surface area contributed by atoms with Crippen LogP contribution in [0.5, 0.6) is 0 Å². The van der Waals surface area contributed by atoms with E-state index in [1.807, 2.05) is 13.0 Å². The van der Waals surface area contributed by atoms with Crippen molar-refractivity contribution in [3.63, 3.8) is 0 Å². The summed E-state index contributed by atoms with van der Waals surface area (Å²) in [7, 11) is 0. The summed E-state index contributed by atoms with van der Waals surface area (Å²) < 4.78 is 0.832. The van der Waals surface area contributed by atoms with Crippen LogP contribution in [0.4, 0.5) is 10.8 Å². The van der Waals surface area contributed by atoms with Gasteiger partial charge in [-0.15, -0.1) is 10.2 Å². The van der Waals surface area contributed by atoms with Gasteiger partial charge in [-0.1, -0.05) is 66.4 Å². The Hall–Kier alpha value is -2.71. The molecule has 6 nitrogen and oxygen atoms in total. The largest absolute Gasteiger partial charge is 0.326 e. The first-order valence-corrected chi connectivity index (χ1v) is 11.7. The number of nitrogens with one attached hydrogen (secondary N) is 2. The van der Waals surface area contributed by atoms with Crippen molar-refractivity contribution in [1.82, 2.24) is 10.2 Å². The van der Waals surface area contributed by atoms with Crippen molar-refractivity contribution in [3.05, 3.63) is 65.7 Å². The number of rotatable bonds is 10. The van der Waals surface area contributed by atoms with Crippen LogP contribution in [0.15, 0.2) is 58.9 Å². The zero-order chi connectivity index (χ0) is 21.2. The number of aryl methyl sites for hydroxylation is 1. The molecule has 2 N–H and O–H groups in total. The van der Waals surface area contributed by atoms with Gasteiger partial charge in [0.25, 0.3) is 5.91 Å². The minimum absolute atomic E-state index is 0.0619. The molecule has 0 radical (unpaired) electrons. The number of hydrogen-bond donors (Lipinski definition) is 2. The van der Waals surface area contributed by atoms with Crippen molar-refractivity contribution in [3.8, 4) is 0 Å². The lowest BCUT2D eigenvalue weighted by molar-refractivity contribution is -0.116. The van der Waals surface area contributed by atoms with Gasteiger partial charge in [0.05, 0.1) is 0 Å². The molecule has 2 amide bonds. The van der Waals surface area contributed by atoms with Crippen LogP contribution >= 0.6 is 23.1 Å². The maximum atomic E-state index is 12.5. The third-order valence-electron chi connectivity index (χ3n) is 4.19. The number of hydrogen-bond acceptors (Lipinski definition) is 6. The van der Waals surface area contributed by atoms with Crippen LogP contribution in [-0.4, -0.2) is 27.8 Å². The smallest absolute Gasteiger partial charge is 0.257 e. The third kappa shape index (κ3) is 6.96. The molecule has 8 heteroatoms. The topological polar surface area (TPSA) is 84.0 Å². The van der Waals surface area contributed by atoms with Crippen molar-refractivity contribution in [2.45, 2.75) is 36.9 Å². The van der Waals surface area contributed by atoms with Gasteiger partial charge in [0.15, 0.2) is 4.34 Å². The van der Waals surface area contributed by atoms with Crippen LogP contribution in [0, 0.1) is 0 Å². The summed E-state index contributed by atoms with van der Waals surface area (Å²) in [5.41, 5.74) is 2.39. The molecule has 0 unspecified atom stereocenters. The Bertz CT molecular complexity index is 976. The lowest BCUT2D eigenvalue weighted by Crippen LogP contribution is -2.14. The van der Waals surface area contributed by atoms with E-state index in [9.17, 15) is 9.59 Å². The van der Waals surface area contributed by atoms with E-state index in [1.165, 1.54) is 16.9 Å². The molecule has 3 rings (SSSR count).